The molecule has 0 radical (unpaired) electrons. The number of amides is 1. The van der Waals surface area contributed by atoms with E-state index >= 15 is 0 Å². The summed E-state index contributed by atoms with van der Waals surface area (Å²) in [6.07, 6.45) is 1.88. The Morgan fingerprint density at radius 2 is 2.22 bits per heavy atom. The molecule has 2 fully saturated rings. The molecule has 2 atom stereocenters. The molecule has 2 aliphatic rings. The number of hydrogen-bond acceptors (Lipinski definition) is 3. The molecule has 96 valence electrons. The maximum absolute atomic E-state index is 12.4. The van der Waals surface area contributed by atoms with Gasteiger partial charge in [-0.2, -0.15) is 0 Å². The second-order valence-corrected chi connectivity index (χ2v) is 5.13. The molecule has 3 rings (SSSR count). The summed E-state index contributed by atoms with van der Waals surface area (Å²) in [5.41, 5.74) is 1.69. The number of cyclic esters (lactones) is 1. The van der Waals surface area contributed by atoms with E-state index in [0.29, 0.717) is 19.7 Å². The zero-order valence-corrected chi connectivity index (χ0v) is 10.5. The van der Waals surface area contributed by atoms with Crippen LogP contribution in [-0.4, -0.2) is 41.0 Å². The van der Waals surface area contributed by atoms with Crippen LogP contribution in [-0.2, 0) is 16.6 Å². The lowest BCUT2D eigenvalue weighted by Gasteiger charge is -2.17. The SMILES string of the molecule is Cc1c(C(=O)N2C[C@@H]3COC(=O)[C@@H]3C2)ccn1C. The summed E-state index contributed by atoms with van der Waals surface area (Å²) in [5, 5.41) is 0. The topological polar surface area (TPSA) is 51.5 Å². The molecule has 2 saturated heterocycles. The van der Waals surface area contributed by atoms with E-state index < -0.39 is 0 Å². The van der Waals surface area contributed by atoms with E-state index in [9.17, 15) is 9.59 Å². The van der Waals surface area contributed by atoms with Crippen molar-refractivity contribution in [3.8, 4) is 0 Å². The minimum absolute atomic E-state index is 0.0234. The number of esters is 1. The molecule has 0 aromatic carbocycles. The minimum atomic E-state index is -0.153. The van der Waals surface area contributed by atoms with Gasteiger partial charge in [-0.05, 0) is 13.0 Å². The van der Waals surface area contributed by atoms with Gasteiger partial charge in [0.15, 0.2) is 0 Å². The fraction of sp³-hybridized carbons (Fsp3) is 0.538. The van der Waals surface area contributed by atoms with Crippen LogP contribution in [0.3, 0.4) is 0 Å². The number of likely N-dealkylation sites (tertiary alicyclic amines) is 1. The quantitative estimate of drug-likeness (QED) is 0.683. The van der Waals surface area contributed by atoms with Crippen LogP contribution in [0.2, 0.25) is 0 Å². The van der Waals surface area contributed by atoms with Gasteiger partial charge in [-0.25, -0.2) is 0 Å². The molecule has 2 aliphatic heterocycles. The van der Waals surface area contributed by atoms with Crippen LogP contribution in [0.1, 0.15) is 16.1 Å². The Kier molecular flexibility index (Phi) is 2.43. The second kappa shape index (κ2) is 3.86. The number of rotatable bonds is 1. The van der Waals surface area contributed by atoms with Gasteiger partial charge in [-0.1, -0.05) is 0 Å². The van der Waals surface area contributed by atoms with Crippen LogP contribution in [0.5, 0.6) is 0 Å². The molecular formula is C13H16N2O3. The summed E-state index contributed by atoms with van der Waals surface area (Å²) < 4.78 is 6.93. The van der Waals surface area contributed by atoms with E-state index in [1.807, 2.05) is 30.8 Å². The summed E-state index contributed by atoms with van der Waals surface area (Å²) in [5.74, 6) is -0.0566. The van der Waals surface area contributed by atoms with Crippen molar-refractivity contribution in [3.63, 3.8) is 0 Å². The fourth-order valence-corrected chi connectivity index (χ4v) is 2.77. The van der Waals surface area contributed by atoms with E-state index in [-0.39, 0.29) is 23.7 Å². The van der Waals surface area contributed by atoms with Crippen molar-refractivity contribution < 1.29 is 14.3 Å². The average molecular weight is 248 g/mol. The molecule has 5 heteroatoms. The van der Waals surface area contributed by atoms with Crippen LogP contribution in [0.25, 0.3) is 0 Å². The van der Waals surface area contributed by atoms with Gasteiger partial charge < -0.3 is 14.2 Å². The van der Waals surface area contributed by atoms with Gasteiger partial charge in [0.05, 0.1) is 18.1 Å². The third-order valence-corrected chi connectivity index (χ3v) is 4.08. The van der Waals surface area contributed by atoms with Crippen molar-refractivity contribution >= 4 is 11.9 Å². The van der Waals surface area contributed by atoms with E-state index in [2.05, 4.69) is 0 Å². The highest BCUT2D eigenvalue weighted by Gasteiger charge is 2.45. The minimum Gasteiger partial charge on any atom is -0.465 e. The molecule has 0 bridgehead atoms. The Morgan fingerprint density at radius 1 is 1.44 bits per heavy atom. The van der Waals surface area contributed by atoms with E-state index in [4.69, 9.17) is 4.74 Å². The molecule has 1 aromatic rings. The highest BCUT2D eigenvalue weighted by atomic mass is 16.5. The molecule has 5 nitrogen and oxygen atoms in total. The number of fused-ring (bicyclic) bond motifs is 1. The third kappa shape index (κ3) is 1.54. The summed E-state index contributed by atoms with van der Waals surface area (Å²) in [4.78, 5) is 25.6. The average Bonchev–Trinajstić information content (AvgIpc) is 2.99. The van der Waals surface area contributed by atoms with Crippen molar-refractivity contribution in [2.45, 2.75) is 6.92 Å². The third-order valence-electron chi connectivity index (χ3n) is 4.08. The van der Waals surface area contributed by atoms with Crippen LogP contribution in [0.4, 0.5) is 0 Å². The molecule has 18 heavy (non-hydrogen) atoms. The standard InChI is InChI=1S/C13H16N2O3/c1-8-10(3-4-14(8)2)12(16)15-5-9-7-18-13(17)11(9)6-15/h3-4,9,11H,5-7H2,1-2H3/t9-,11-/m1/s1. The second-order valence-electron chi connectivity index (χ2n) is 5.13. The van der Waals surface area contributed by atoms with Crippen molar-refractivity contribution in [3.05, 3.63) is 23.5 Å². The van der Waals surface area contributed by atoms with E-state index in [1.54, 1.807) is 4.90 Å². The first-order chi connectivity index (χ1) is 8.58. The molecule has 0 unspecified atom stereocenters. The molecule has 0 aliphatic carbocycles. The number of nitrogens with zero attached hydrogens (tertiary/aromatic N) is 2. The van der Waals surface area contributed by atoms with E-state index in [1.165, 1.54) is 0 Å². The molecule has 3 heterocycles. The molecule has 0 spiro atoms. The van der Waals surface area contributed by atoms with Crippen LogP contribution < -0.4 is 0 Å². The highest BCUT2D eigenvalue weighted by molar-refractivity contribution is 5.96. The predicted octanol–water partition coefficient (Wildman–Crippen LogP) is 0.579. The zero-order chi connectivity index (χ0) is 12.9. The lowest BCUT2D eigenvalue weighted by Crippen LogP contribution is -2.31. The highest BCUT2D eigenvalue weighted by Crippen LogP contribution is 2.31. The van der Waals surface area contributed by atoms with Gasteiger partial charge in [0, 0.05) is 37.9 Å². The summed E-state index contributed by atoms with van der Waals surface area (Å²) >= 11 is 0. The zero-order valence-electron chi connectivity index (χ0n) is 10.5. The summed E-state index contributed by atoms with van der Waals surface area (Å²) in [7, 11) is 1.92. The van der Waals surface area contributed by atoms with Crippen molar-refractivity contribution in [1.82, 2.24) is 9.47 Å². The normalized spacial score (nSPS) is 26.3. The van der Waals surface area contributed by atoms with Gasteiger partial charge in [0.25, 0.3) is 5.91 Å². The number of carbonyl (C=O) groups is 2. The molecule has 1 aromatic heterocycles. The number of aryl methyl sites for hydroxylation is 1. The molecule has 0 saturated carbocycles. The smallest absolute Gasteiger partial charge is 0.311 e. The lowest BCUT2D eigenvalue weighted by atomic mass is 10.0. The molecule has 1 amide bonds. The number of hydrogen-bond donors (Lipinski definition) is 0. The summed E-state index contributed by atoms with van der Waals surface area (Å²) in [6.45, 7) is 3.51. The van der Waals surface area contributed by atoms with E-state index in [0.717, 1.165) is 11.3 Å². The number of carbonyl (C=O) groups excluding carboxylic acids is 2. The Balaban J connectivity index is 1.79. The lowest BCUT2D eigenvalue weighted by molar-refractivity contribution is -0.141. The molecular weight excluding hydrogens is 232 g/mol. The van der Waals surface area contributed by atoms with Crippen molar-refractivity contribution in [2.24, 2.45) is 18.9 Å². The van der Waals surface area contributed by atoms with Gasteiger partial charge >= 0.3 is 5.97 Å². The molecule has 0 N–H and O–H groups in total. The Morgan fingerprint density at radius 3 is 2.83 bits per heavy atom. The van der Waals surface area contributed by atoms with Crippen LogP contribution in [0, 0.1) is 18.8 Å². The van der Waals surface area contributed by atoms with Gasteiger partial charge in [-0.3, -0.25) is 9.59 Å². The predicted molar refractivity (Wildman–Crippen MR) is 64.0 cm³/mol. The maximum Gasteiger partial charge on any atom is 0.311 e. The van der Waals surface area contributed by atoms with Gasteiger partial charge in [-0.15, -0.1) is 0 Å². The first-order valence-electron chi connectivity index (χ1n) is 6.15. The number of ether oxygens (including phenoxy) is 1. The first kappa shape index (κ1) is 11.3. The monoisotopic (exact) mass is 248 g/mol. The van der Waals surface area contributed by atoms with Crippen LogP contribution >= 0.6 is 0 Å². The fourth-order valence-electron chi connectivity index (χ4n) is 2.77. The number of aromatic nitrogens is 1. The largest absolute Gasteiger partial charge is 0.465 e. The van der Waals surface area contributed by atoms with Crippen LogP contribution in [0.15, 0.2) is 12.3 Å². The Labute approximate surface area is 105 Å². The van der Waals surface area contributed by atoms with Crippen molar-refractivity contribution in [1.29, 1.82) is 0 Å². The van der Waals surface area contributed by atoms with Crippen molar-refractivity contribution in [2.75, 3.05) is 19.7 Å². The van der Waals surface area contributed by atoms with Gasteiger partial charge in [0.2, 0.25) is 0 Å². The van der Waals surface area contributed by atoms with Gasteiger partial charge in [0.1, 0.15) is 0 Å². The Hall–Kier alpha value is -1.78. The summed E-state index contributed by atoms with van der Waals surface area (Å²) in [6, 6.07) is 1.84. The first-order valence-corrected chi connectivity index (χ1v) is 6.15. The Bertz CT molecular complexity index is 520. The maximum atomic E-state index is 12.4.